The van der Waals surface area contributed by atoms with Crippen molar-refractivity contribution in [3.63, 3.8) is 0 Å². The lowest BCUT2D eigenvalue weighted by atomic mass is 9.94. The van der Waals surface area contributed by atoms with Crippen molar-refractivity contribution in [2.75, 3.05) is 19.3 Å². The summed E-state index contributed by atoms with van der Waals surface area (Å²) in [7, 11) is -3.48. The van der Waals surface area contributed by atoms with Crippen LogP contribution in [0.25, 0.3) is 0 Å². The van der Waals surface area contributed by atoms with E-state index in [1.165, 1.54) is 6.26 Å². The van der Waals surface area contributed by atoms with Crippen molar-refractivity contribution >= 4 is 28.2 Å². The van der Waals surface area contributed by atoms with Crippen molar-refractivity contribution in [3.8, 4) is 0 Å². The highest BCUT2D eigenvalue weighted by atomic mass is 35.5. The molecule has 1 heterocycles. The molecule has 24 heavy (non-hydrogen) atoms. The van der Waals surface area contributed by atoms with Gasteiger partial charge < -0.3 is 10.6 Å². The van der Waals surface area contributed by atoms with Gasteiger partial charge in [0, 0.05) is 6.26 Å². The first-order chi connectivity index (χ1) is 10.7. The molecule has 2 rings (SSSR count). The summed E-state index contributed by atoms with van der Waals surface area (Å²) in [4.78, 5) is 12.8. The number of sulfone groups is 1. The summed E-state index contributed by atoms with van der Waals surface area (Å²) in [6, 6.07) is 5.73. The van der Waals surface area contributed by atoms with Gasteiger partial charge in [-0.15, -0.1) is 12.4 Å². The summed E-state index contributed by atoms with van der Waals surface area (Å²) in [5.41, 5.74) is 3.30. The number of aryl methyl sites for hydroxylation is 1. The minimum Gasteiger partial charge on any atom is -0.348 e. The van der Waals surface area contributed by atoms with Crippen molar-refractivity contribution in [1.82, 2.24) is 10.6 Å². The number of nitrogens with one attached hydrogen (secondary N) is 2. The zero-order valence-electron chi connectivity index (χ0n) is 14.7. The number of rotatable bonds is 4. The van der Waals surface area contributed by atoms with Gasteiger partial charge in [0.1, 0.15) is 0 Å². The summed E-state index contributed by atoms with van der Waals surface area (Å²) < 4.78 is 23.3. The van der Waals surface area contributed by atoms with E-state index in [4.69, 9.17) is 0 Å². The Hall–Kier alpha value is -1.11. The molecule has 0 aromatic heterocycles. The zero-order valence-corrected chi connectivity index (χ0v) is 16.3. The molecule has 1 aliphatic rings. The molecule has 136 valence electrons. The van der Waals surface area contributed by atoms with Crippen molar-refractivity contribution in [2.45, 2.75) is 44.4 Å². The second-order valence-corrected chi connectivity index (χ2v) is 8.83. The molecule has 1 aromatic rings. The van der Waals surface area contributed by atoms with Gasteiger partial charge >= 0.3 is 0 Å². The Morgan fingerprint density at radius 1 is 1.25 bits per heavy atom. The van der Waals surface area contributed by atoms with E-state index in [9.17, 15) is 13.2 Å². The standard InChI is InChI=1S/C17H26N2O3S.ClH/c1-12-6-5-7-15(13(12)2)14(3)19-16(20)17(23(4,21)22)8-10-18-11-9-17;/h5-7,14,18H,8-11H2,1-4H3,(H,19,20);1H. The first kappa shape index (κ1) is 20.9. The summed E-state index contributed by atoms with van der Waals surface area (Å²) in [6.07, 6.45) is 1.80. The lowest BCUT2D eigenvalue weighted by Gasteiger charge is -2.35. The van der Waals surface area contributed by atoms with Gasteiger partial charge in [-0.2, -0.15) is 0 Å². The summed E-state index contributed by atoms with van der Waals surface area (Å²) in [5.74, 6) is -0.380. The zero-order chi connectivity index (χ0) is 17.3. The highest BCUT2D eigenvalue weighted by Crippen LogP contribution is 2.29. The van der Waals surface area contributed by atoms with Crippen molar-refractivity contribution in [3.05, 3.63) is 34.9 Å². The summed E-state index contributed by atoms with van der Waals surface area (Å²) in [5, 5.41) is 6.06. The van der Waals surface area contributed by atoms with Crippen molar-refractivity contribution in [1.29, 1.82) is 0 Å². The van der Waals surface area contributed by atoms with Crippen LogP contribution in [0.1, 0.15) is 42.5 Å². The molecular weight excluding hydrogens is 348 g/mol. The van der Waals surface area contributed by atoms with E-state index in [0.717, 1.165) is 16.7 Å². The van der Waals surface area contributed by atoms with Gasteiger partial charge in [-0.25, -0.2) is 8.42 Å². The number of carbonyl (C=O) groups excluding carboxylic acids is 1. The van der Waals surface area contributed by atoms with Crippen LogP contribution in [0.15, 0.2) is 18.2 Å². The lowest BCUT2D eigenvalue weighted by Crippen LogP contribution is -2.57. The predicted molar refractivity (Wildman–Crippen MR) is 99.4 cm³/mol. The van der Waals surface area contributed by atoms with Gasteiger partial charge in [-0.05, 0) is 63.4 Å². The van der Waals surface area contributed by atoms with Crippen molar-refractivity contribution < 1.29 is 13.2 Å². The van der Waals surface area contributed by atoms with Gasteiger partial charge in [0.2, 0.25) is 5.91 Å². The Balaban J connectivity index is 0.00000288. The highest BCUT2D eigenvalue weighted by Gasteiger charge is 2.48. The maximum atomic E-state index is 12.8. The molecule has 1 saturated heterocycles. The van der Waals surface area contributed by atoms with Gasteiger partial charge in [-0.1, -0.05) is 18.2 Å². The number of halogens is 1. The third-order valence-corrected chi connectivity index (χ3v) is 7.01. The summed E-state index contributed by atoms with van der Waals surface area (Å²) in [6.45, 7) is 7.02. The van der Waals surface area contributed by atoms with Crippen LogP contribution in [0, 0.1) is 13.8 Å². The van der Waals surface area contributed by atoms with E-state index in [-0.39, 0.29) is 24.4 Å². The SMILES string of the molecule is Cc1cccc(C(C)NC(=O)C2(S(C)(=O)=O)CCNCC2)c1C.Cl. The van der Waals surface area contributed by atoms with E-state index in [2.05, 4.69) is 10.6 Å². The van der Waals surface area contributed by atoms with E-state index >= 15 is 0 Å². The molecule has 0 saturated carbocycles. The molecule has 1 amide bonds. The Morgan fingerprint density at radius 2 is 1.83 bits per heavy atom. The molecule has 0 spiro atoms. The molecule has 1 fully saturated rings. The maximum Gasteiger partial charge on any atom is 0.242 e. The normalized spacial score (nSPS) is 18.3. The fourth-order valence-electron chi connectivity index (χ4n) is 3.25. The average Bonchev–Trinajstić information content (AvgIpc) is 2.49. The van der Waals surface area contributed by atoms with Crippen LogP contribution < -0.4 is 10.6 Å². The third-order valence-electron chi connectivity index (χ3n) is 5.00. The smallest absolute Gasteiger partial charge is 0.242 e. The Labute approximate surface area is 150 Å². The summed E-state index contributed by atoms with van der Waals surface area (Å²) >= 11 is 0. The largest absolute Gasteiger partial charge is 0.348 e. The minimum absolute atomic E-state index is 0. The number of carbonyl (C=O) groups is 1. The average molecular weight is 375 g/mol. The first-order valence-corrected chi connectivity index (χ1v) is 9.85. The molecular formula is C17H27ClN2O3S. The van der Waals surface area contributed by atoms with Crippen LogP contribution in [0.3, 0.4) is 0 Å². The van der Waals surface area contributed by atoms with Crippen LogP contribution in [-0.2, 0) is 14.6 Å². The second-order valence-electron chi connectivity index (χ2n) is 6.50. The lowest BCUT2D eigenvalue weighted by molar-refractivity contribution is -0.125. The van der Waals surface area contributed by atoms with E-state index in [1.807, 2.05) is 39.0 Å². The maximum absolute atomic E-state index is 12.8. The molecule has 5 nitrogen and oxygen atoms in total. The van der Waals surface area contributed by atoms with Crippen LogP contribution in [0.2, 0.25) is 0 Å². The first-order valence-electron chi connectivity index (χ1n) is 7.96. The fraction of sp³-hybridized carbons (Fsp3) is 0.588. The Bertz CT molecular complexity index is 698. The van der Waals surface area contributed by atoms with Crippen molar-refractivity contribution in [2.24, 2.45) is 0 Å². The van der Waals surface area contributed by atoms with E-state index < -0.39 is 14.6 Å². The third kappa shape index (κ3) is 3.92. The number of hydrogen-bond acceptors (Lipinski definition) is 4. The van der Waals surface area contributed by atoms with Crippen LogP contribution in [0.4, 0.5) is 0 Å². The van der Waals surface area contributed by atoms with Gasteiger partial charge in [0.25, 0.3) is 0 Å². The second kappa shape index (κ2) is 7.85. The van der Waals surface area contributed by atoms with Crippen LogP contribution in [0.5, 0.6) is 0 Å². The van der Waals surface area contributed by atoms with Crippen LogP contribution in [-0.4, -0.2) is 38.4 Å². The molecule has 1 aliphatic heterocycles. The Kier molecular flexibility index (Phi) is 6.84. The van der Waals surface area contributed by atoms with Gasteiger partial charge in [0.15, 0.2) is 14.6 Å². The quantitative estimate of drug-likeness (QED) is 0.845. The number of amides is 1. The molecule has 1 unspecified atom stereocenters. The topological polar surface area (TPSA) is 75.3 Å². The Morgan fingerprint density at radius 3 is 2.38 bits per heavy atom. The molecule has 1 aromatic carbocycles. The molecule has 0 radical (unpaired) electrons. The molecule has 2 N–H and O–H groups in total. The number of benzene rings is 1. The fourth-order valence-corrected chi connectivity index (χ4v) is 4.59. The molecule has 0 bridgehead atoms. The number of hydrogen-bond donors (Lipinski definition) is 2. The molecule has 7 heteroatoms. The van der Waals surface area contributed by atoms with E-state index in [0.29, 0.717) is 25.9 Å². The van der Waals surface area contributed by atoms with Gasteiger partial charge in [-0.3, -0.25) is 4.79 Å². The molecule has 1 atom stereocenters. The minimum atomic E-state index is -3.48. The van der Waals surface area contributed by atoms with E-state index in [1.54, 1.807) is 0 Å². The molecule has 0 aliphatic carbocycles. The van der Waals surface area contributed by atoms with Crippen LogP contribution >= 0.6 is 12.4 Å². The highest BCUT2D eigenvalue weighted by molar-refractivity contribution is 7.92. The predicted octanol–water partition coefficient (Wildman–Crippen LogP) is 2.07. The number of piperidine rings is 1. The monoisotopic (exact) mass is 374 g/mol. The van der Waals surface area contributed by atoms with Gasteiger partial charge in [0.05, 0.1) is 6.04 Å².